The molecule has 0 spiro atoms. The van der Waals surface area contributed by atoms with Crippen LogP contribution in [0.5, 0.6) is 0 Å². The second-order valence-electron chi connectivity index (χ2n) is 7.13. The largest absolute Gasteiger partial charge is 0.325 e. The van der Waals surface area contributed by atoms with E-state index in [0.717, 1.165) is 5.69 Å². The molecule has 0 fully saturated rings. The number of hydrogen-bond donors (Lipinski definition) is 1. The predicted molar refractivity (Wildman–Crippen MR) is 112 cm³/mol. The first kappa shape index (κ1) is 18.6. The molecule has 7 heteroatoms. The Balaban J connectivity index is 1.60. The highest BCUT2D eigenvalue weighted by molar-refractivity contribution is 5.90. The van der Waals surface area contributed by atoms with Gasteiger partial charge in [-0.15, -0.1) is 0 Å². The topological polar surface area (TPSA) is 81.8 Å². The number of carbonyl (C=O) groups excluding carboxylic acids is 1. The van der Waals surface area contributed by atoms with Crippen LogP contribution >= 0.6 is 0 Å². The molecule has 4 rings (SSSR count). The number of hydrogen-bond acceptors (Lipinski definition) is 4. The smallest absolute Gasteiger partial charge is 0.264 e. The van der Waals surface area contributed by atoms with Crippen LogP contribution in [0.15, 0.2) is 71.9 Å². The minimum atomic E-state index is -0.303. The van der Waals surface area contributed by atoms with Crippen LogP contribution in [0.4, 0.5) is 5.69 Å². The normalized spacial score (nSPS) is 11.1. The molecule has 7 nitrogen and oxygen atoms in total. The minimum Gasteiger partial charge on any atom is -0.325 e. The maximum Gasteiger partial charge on any atom is 0.264 e. The average molecular weight is 387 g/mol. The molecule has 0 aliphatic rings. The first-order valence-corrected chi connectivity index (χ1v) is 9.41. The maximum atomic E-state index is 12.8. The van der Waals surface area contributed by atoms with Crippen LogP contribution in [0.25, 0.3) is 16.7 Å². The molecule has 29 heavy (non-hydrogen) atoms. The summed E-state index contributed by atoms with van der Waals surface area (Å²) < 4.78 is 2.92. The van der Waals surface area contributed by atoms with Gasteiger partial charge in [-0.1, -0.05) is 44.2 Å². The quantitative estimate of drug-likeness (QED) is 0.569. The molecule has 0 aliphatic carbocycles. The number of fused-ring (bicyclic) bond motifs is 1. The van der Waals surface area contributed by atoms with E-state index >= 15 is 0 Å². The Hall–Kier alpha value is -3.74. The number of nitrogens with one attached hydrogen (secondary N) is 1. The highest BCUT2D eigenvalue weighted by atomic mass is 16.2. The summed E-state index contributed by atoms with van der Waals surface area (Å²) in [5, 5.41) is 7.46. The van der Waals surface area contributed by atoms with Crippen molar-refractivity contribution in [3.8, 4) is 5.69 Å². The van der Waals surface area contributed by atoms with Crippen LogP contribution in [0.3, 0.4) is 0 Å². The molecular formula is C22H21N5O2. The van der Waals surface area contributed by atoms with E-state index in [-0.39, 0.29) is 18.0 Å². The third-order valence-corrected chi connectivity index (χ3v) is 4.73. The first-order valence-electron chi connectivity index (χ1n) is 9.41. The fraction of sp³-hybridized carbons (Fsp3) is 0.182. The van der Waals surface area contributed by atoms with Crippen molar-refractivity contribution in [1.29, 1.82) is 0 Å². The van der Waals surface area contributed by atoms with Crippen molar-refractivity contribution in [2.24, 2.45) is 0 Å². The van der Waals surface area contributed by atoms with Gasteiger partial charge < -0.3 is 5.32 Å². The van der Waals surface area contributed by atoms with E-state index in [1.807, 2.05) is 42.5 Å². The van der Waals surface area contributed by atoms with E-state index in [4.69, 9.17) is 0 Å². The highest BCUT2D eigenvalue weighted by Gasteiger charge is 2.13. The Morgan fingerprint density at radius 2 is 1.79 bits per heavy atom. The second kappa shape index (κ2) is 7.71. The summed E-state index contributed by atoms with van der Waals surface area (Å²) in [6.45, 7) is 4.15. The highest BCUT2D eigenvalue weighted by Crippen LogP contribution is 2.18. The van der Waals surface area contributed by atoms with E-state index in [0.29, 0.717) is 22.6 Å². The molecule has 2 aromatic heterocycles. The summed E-state index contributed by atoms with van der Waals surface area (Å²) in [5.41, 5.74) is 2.90. The monoisotopic (exact) mass is 387 g/mol. The van der Waals surface area contributed by atoms with Crippen molar-refractivity contribution in [2.45, 2.75) is 26.3 Å². The van der Waals surface area contributed by atoms with Crippen LogP contribution < -0.4 is 10.9 Å². The minimum absolute atomic E-state index is 0.120. The van der Waals surface area contributed by atoms with Gasteiger partial charge in [-0.2, -0.15) is 5.10 Å². The van der Waals surface area contributed by atoms with Crippen molar-refractivity contribution in [3.05, 3.63) is 83.0 Å². The SMILES string of the molecule is CC(C)c1ccc(-n2ncc3c(=O)n(CC(=O)Nc4ccccc4)cnc32)cc1. The second-order valence-corrected chi connectivity index (χ2v) is 7.13. The molecule has 0 radical (unpaired) electrons. The molecule has 2 aromatic carbocycles. The van der Waals surface area contributed by atoms with Crippen molar-refractivity contribution in [3.63, 3.8) is 0 Å². The van der Waals surface area contributed by atoms with Gasteiger partial charge >= 0.3 is 0 Å². The van der Waals surface area contributed by atoms with E-state index < -0.39 is 0 Å². The predicted octanol–water partition coefficient (Wildman–Crippen LogP) is 3.34. The number of anilines is 1. The molecule has 0 unspecified atom stereocenters. The number of amides is 1. The Bertz CT molecular complexity index is 1210. The molecule has 0 bridgehead atoms. The molecule has 0 saturated heterocycles. The lowest BCUT2D eigenvalue weighted by Gasteiger charge is -2.09. The summed E-state index contributed by atoms with van der Waals surface area (Å²) in [7, 11) is 0. The standard InChI is InChI=1S/C22H21N5O2/c1-15(2)16-8-10-18(11-9-16)27-21-19(12-24-27)22(29)26(14-23-21)13-20(28)25-17-6-4-3-5-7-17/h3-12,14-15H,13H2,1-2H3,(H,25,28). The van der Waals surface area contributed by atoms with Crippen molar-refractivity contribution < 1.29 is 4.79 Å². The van der Waals surface area contributed by atoms with Crippen LogP contribution in [0.1, 0.15) is 25.3 Å². The molecule has 0 atom stereocenters. The lowest BCUT2D eigenvalue weighted by molar-refractivity contribution is -0.116. The maximum absolute atomic E-state index is 12.8. The molecule has 1 amide bonds. The fourth-order valence-corrected chi connectivity index (χ4v) is 3.13. The number of rotatable bonds is 5. The zero-order valence-corrected chi connectivity index (χ0v) is 16.2. The van der Waals surface area contributed by atoms with Gasteiger partial charge in [0.25, 0.3) is 5.56 Å². The van der Waals surface area contributed by atoms with Gasteiger partial charge in [0.05, 0.1) is 11.9 Å². The number of carbonyl (C=O) groups is 1. The Morgan fingerprint density at radius 3 is 2.48 bits per heavy atom. The first-order chi connectivity index (χ1) is 14.0. The Morgan fingerprint density at radius 1 is 1.07 bits per heavy atom. The number of benzene rings is 2. The van der Waals surface area contributed by atoms with Gasteiger partial charge in [0.1, 0.15) is 18.3 Å². The van der Waals surface area contributed by atoms with Crippen molar-refractivity contribution in [1.82, 2.24) is 19.3 Å². The zero-order chi connectivity index (χ0) is 20.4. The van der Waals surface area contributed by atoms with E-state index in [1.165, 1.54) is 22.7 Å². The van der Waals surface area contributed by atoms with Gasteiger partial charge in [-0.25, -0.2) is 9.67 Å². The molecule has 4 aromatic rings. The van der Waals surface area contributed by atoms with Crippen LogP contribution in [-0.2, 0) is 11.3 Å². The lowest BCUT2D eigenvalue weighted by atomic mass is 10.0. The van der Waals surface area contributed by atoms with E-state index in [1.54, 1.807) is 16.8 Å². The summed E-state index contributed by atoms with van der Waals surface area (Å²) in [5.74, 6) is 0.141. The fourth-order valence-electron chi connectivity index (χ4n) is 3.13. The van der Waals surface area contributed by atoms with Gasteiger partial charge in [-0.3, -0.25) is 14.2 Å². The van der Waals surface area contributed by atoms with Gasteiger partial charge in [0.15, 0.2) is 5.65 Å². The molecule has 1 N–H and O–H groups in total. The van der Waals surface area contributed by atoms with Crippen LogP contribution in [0, 0.1) is 0 Å². The molecule has 0 aliphatic heterocycles. The zero-order valence-electron chi connectivity index (χ0n) is 16.2. The molecule has 0 saturated carbocycles. The Labute approximate surface area is 167 Å². The van der Waals surface area contributed by atoms with Crippen molar-refractivity contribution >= 4 is 22.6 Å². The van der Waals surface area contributed by atoms with Gasteiger partial charge in [0.2, 0.25) is 5.91 Å². The summed E-state index contributed by atoms with van der Waals surface area (Å²) in [6.07, 6.45) is 2.88. The molecule has 2 heterocycles. The molecular weight excluding hydrogens is 366 g/mol. The van der Waals surface area contributed by atoms with E-state index in [9.17, 15) is 9.59 Å². The van der Waals surface area contributed by atoms with Crippen molar-refractivity contribution in [2.75, 3.05) is 5.32 Å². The number of nitrogens with zero attached hydrogens (tertiary/aromatic N) is 4. The van der Waals surface area contributed by atoms with Crippen LogP contribution in [0.2, 0.25) is 0 Å². The van der Waals surface area contributed by atoms with Gasteiger partial charge in [-0.05, 0) is 35.7 Å². The Kier molecular flexibility index (Phi) is 4.95. The van der Waals surface area contributed by atoms with Crippen LogP contribution in [-0.4, -0.2) is 25.2 Å². The molecule has 146 valence electrons. The number of para-hydroxylation sites is 1. The number of aromatic nitrogens is 4. The third kappa shape index (κ3) is 3.80. The average Bonchev–Trinajstić information content (AvgIpc) is 3.16. The third-order valence-electron chi connectivity index (χ3n) is 4.73. The summed E-state index contributed by atoms with van der Waals surface area (Å²) >= 11 is 0. The summed E-state index contributed by atoms with van der Waals surface area (Å²) in [6, 6.07) is 17.1. The van der Waals surface area contributed by atoms with E-state index in [2.05, 4.69) is 29.2 Å². The van der Waals surface area contributed by atoms with Gasteiger partial charge in [0, 0.05) is 5.69 Å². The lowest BCUT2D eigenvalue weighted by Crippen LogP contribution is -2.27. The summed E-state index contributed by atoms with van der Waals surface area (Å²) in [4.78, 5) is 29.4.